The van der Waals surface area contributed by atoms with Crippen LogP contribution in [0.2, 0.25) is 0 Å². The van der Waals surface area contributed by atoms with E-state index < -0.39 is 17.2 Å². The van der Waals surface area contributed by atoms with Gasteiger partial charge in [-0.15, -0.1) is 0 Å². The Hall–Kier alpha value is -0.560. The molecule has 2 rings (SSSR count). The number of nitrogens with two attached hydrogens (primary N) is 1. The minimum Gasteiger partial charge on any atom is -0.374 e. The smallest absolute Gasteiger partial charge is 0.143 e. The molecular weight excluding hydrogens is 318 g/mol. The summed E-state index contributed by atoms with van der Waals surface area (Å²) in [4.78, 5) is 0. The molecule has 0 aromatic heterocycles. The topological polar surface area (TPSA) is 47.3 Å². The normalized spacial score (nSPS) is 24.7. The first-order valence-corrected chi connectivity index (χ1v) is 6.99. The van der Waals surface area contributed by atoms with E-state index in [4.69, 9.17) is 10.6 Å². The molecule has 1 aliphatic heterocycles. The van der Waals surface area contributed by atoms with Crippen LogP contribution in [0.5, 0.6) is 0 Å². The summed E-state index contributed by atoms with van der Waals surface area (Å²) in [6.07, 6.45) is 1.89. The minimum absolute atomic E-state index is 0.0223. The average Bonchev–Trinajstić information content (AvgIpc) is 2.82. The first-order valence-electron chi connectivity index (χ1n) is 6.20. The summed E-state index contributed by atoms with van der Waals surface area (Å²) in [6, 6.07) is 2.26. The largest absolute Gasteiger partial charge is 0.374 e. The maximum atomic E-state index is 14.0. The van der Waals surface area contributed by atoms with E-state index in [0.717, 1.165) is 12.8 Å². The second kappa shape index (κ2) is 5.83. The third-order valence-electron chi connectivity index (χ3n) is 3.73. The molecule has 1 fully saturated rings. The lowest BCUT2D eigenvalue weighted by molar-refractivity contribution is -0.0118. The van der Waals surface area contributed by atoms with Crippen LogP contribution in [0.4, 0.5) is 8.78 Å². The molecular formula is C13H17BrF2N2O. The van der Waals surface area contributed by atoms with Gasteiger partial charge in [0.15, 0.2) is 0 Å². The summed E-state index contributed by atoms with van der Waals surface area (Å²) in [7, 11) is 0. The summed E-state index contributed by atoms with van der Waals surface area (Å²) >= 11 is 3.06. The highest BCUT2D eigenvalue weighted by atomic mass is 79.9. The monoisotopic (exact) mass is 334 g/mol. The van der Waals surface area contributed by atoms with Crippen molar-refractivity contribution >= 4 is 15.9 Å². The quantitative estimate of drug-likeness (QED) is 0.505. The van der Waals surface area contributed by atoms with Crippen molar-refractivity contribution in [3.63, 3.8) is 0 Å². The van der Waals surface area contributed by atoms with Crippen molar-refractivity contribution in [2.24, 2.45) is 5.84 Å². The van der Waals surface area contributed by atoms with E-state index in [9.17, 15) is 8.78 Å². The van der Waals surface area contributed by atoms with Crippen LogP contribution in [0.3, 0.4) is 0 Å². The van der Waals surface area contributed by atoms with Gasteiger partial charge in [-0.05, 0) is 54.2 Å². The summed E-state index contributed by atoms with van der Waals surface area (Å²) in [5.74, 6) is 4.39. The summed E-state index contributed by atoms with van der Waals surface area (Å²) in [5.41, 5.74) is 2.17. The van der Waals surface area contributed by atoms with Gasteiger partial charge < -0.3 is 4.74 Å². The lowest BCUT2D eigenvalue weighted by Gasteiger charge is -2.33. The fourth-order valence-electron chi connectivity index (χ4n) is 2.49. The zero-order chi connectivity index (χ0) is 14.0. The first kappa shape index (κ1) is 14.8. The van der Waals surface area contributed by atoms with Gasteiger partial charge in [0, 0.05) is 12.2 Å². The maximum Gasteiger partial charge on any atom is 0.143 e. The minimum atomic E-state index is -0.582. The molecule has 0 spiro atoms. The molecule has 1 aromatic rings. The van der Waals surface area contributed by atoms with Crippen LogP contribution in [-0.4, -0.2) is 18.2 Å². The van der Waals surface area contributed by atoms with Gasteiger partial charge in [-0.1, -0.05) is 0 Å². The van der Waals surface area contributed by atoms with Crippen molar-refractivity contribution in [2.75, 3.05) is 6.61 Å². The standard InChI is InChI=1S/C13H17BrF2N2O/c1-13(5-2-6-19-13)11(18-17)7-8-10(15)4-3-9(14)12(8)16/h3-4,11,18H,2,5-7,17H2,1H3. The molecule has 0 aliphatic carbocycles. The highest BCUT2D eigenvalue weighted by molar-refractivity contribution is 9.10. The fraction of sp³-hybridized carbons (Fsp3) is 0.538. The highest BCUT2D eigenvalue weighted by Gasteiger charge is 2.38. The number of ether oxygens (including phenoxy) is 1. The molecule has 19 heavy (non-hydrogen) atoms. The van der Waals surface area contributed by atoms with Crippen molar-refractivity contribution in [1.82, 2.24) is 5.43 Å². The summed E-state index contributed by atoms with van der Waals surface area (Å²) in [5, 5.41) is 0. The molecule has 1 aromatic carbocycles. The number of benzene rings is 1. The number of rotatable bonds is 4. The molecule has 6 heteroatoms. The Morgan fingerprint density at radius 2 is 2.26 bits per heavy atom. The third-order valence-corrected chi connectivity index (χ3v) is 4.35. The zero-order valence-electron chi connectivity index (χ0n) is 10.7. The van der Waals surface area contributed by atoms with Crippen LogP contribution in [0.1, 0.15) is 25.3 Å². The Balaban J connectivity index is 2.26. The second-order valence-electron chi connectivity index (χ2n) is 5.01. The molecule has 0 saturated carbocycles. The Labute approximate surface area is 119 Å². The van der Waals surface area contributed by atoms with Crippen LogP contribution in [0, 0.1) is 11.6 Å². The number of hydrogen-bond donors (Lipinski definition) is 2. The Morgan fingerprint density at radius 3 is 2.84 bits per heavy atom. The lowest BCUT2D eigenvalue weighted by Crippen LogP contribution is -2.52. The lowest BCUT2D eigenvalue weighted by atomic mass is 9.88. The molecule has 1 saturated heterocycles. The third kappa shape index (κ3) is 2.97. The van der Waals surface area contributed by atoms with Crippen molar-refractivity contribution in [3.05, 3.63) is 33.8 Å². The number of hydrogen-bond acceptors (Lipinski definition) is 3. The fourth-order valence-corrected chi connectivity index (χ4v) is 2.86. The average molecular weight is 335 g/mol. The molecule has 0 radical (unpaired) electrons. The van der Waals surface area contributed by atoms with E-state index in [1.165, 1.54) is 12.1 Å². The predicted molar refractivity (Wildman–Crippen MR) is 72.5 cm³/mol. The van der Waals surface area contributed by atoms with E-state index in [2.05, 4.69) is 21.4 Å². The van der Waals surface area contributed by atoms with Gasteiger partial charge in [-0.25, -0.2) is 8.78 Å². The maximum absolute atomic E-state index is 14.0. The van der Waals surface area contributed by atoms with E-state index in [0.29, 0.717) is 6.61 Å². The van der Waals surface area contributed by atoms with Gasteiger partial charge in [-0.3, -0.25) is 11.3 Å². The van der Waals surface area contributed by atoms with Crippen LogP contribution >= 0.6 is 15.9 Å². The van der Waals surface area contributed by atoms with Crippen molar-refractivity contribution in [3.8, 4) is 0 Å². The Kier molecular flexibility index (Phi) is 4.55. The molecule has 2 atom stereocenters. The molecule has 0 bridgehead atoms. The molecule has 0 amide bonds. The zero-order valence-corrected chi connectivity index (χ0v) is 12.3. The van der Waals surface area contributed by atoms with E-state index in [-0.39, 0.29) is 22.5 Å². The van der Waals surface area contributed by atoms with Gasteiger partial charge in [0.2, 0.25) is 0 Å². The number of halogens is 3. The van der Waals surface area contributed by atoms with Gasteiger partial charge in [-0.2, -0.15) is 0 Å². The van der Waals surface area contributed by atoms with Crippen molar-refractivity contribution < 1.29 is 13.5 Å². The van der Waals surface area contributed by atoms with Gasteiger partial charge in [0.05, 0.1) is 16.1 Å². The number of hydrazine groups is 1. The highest BCUT2D eigenvalue weighted by Crippen LogP contribution is 2.32. The van der Waals surface area contributed by atoms with Crippen LogP contribution in [0.25, 0.3) is 0 Å². The van der Waals surface area contributed by atoms with Crippen LogP contribution in [-0.2, 0) is 11.2 Å². The van der Waals surface area contributed by atoms with E-state index in [1.807, 2.05) is 6.92 Å². The molecule has 3 N–H and O–H groups in total. The summed E-state index contributed by atoms with van der Waals surface area (Å²) in [6.45, 7) is 2.57. The van der Waals surface area contributed by atoms with Gasteiger partial charge in [0.1, 0.15) is 11.6 Å². The number of nitrogens with one attached hydrogen (secondary N) is 1. The van der Waals surface area contributed by atoms with Crippen LogP contribution in [0.15, 0.2) is 16.6 Å². The van der Waals surface area contributed by atoms with Crippen molar-refractivity contribution in [1.29, 1.82) is 0 Å². The molecule has 2 unspecified atom stereocenters. The van der Waals surface area contributed by atoms with E-state index in [1.54, 1.807) is 0 Å². The Morgan fingerprint density at radius 1 is 1.53 bits per heavy atom. The molecule has 106 valence electrons. The second-order valence-corrected chi connectivity index (χ2v) is 5.86. The van der Waals surface area contributed by atoms with Gasteiger partial charge in [0.25, 0.3) is 0 Å². The van der Waals surface area contributed by atoms with Gasteiger partial charge >= 0.3 is 0 Å². The molecule has 1 heterocycles. The van der Waals surface area contributed by atoms with Crippen molar-refractivity contribution in [2.45, 2.75) is 37.8 Å². The first-order chi connectivity index (χ1) is 8.98. The predicted octanol–water partition coefficient (Wildman–Crippen LogP) is 2.67. The SMILES string of the molecule is CC1(C(Cc2c(F)ccc(Br)c2F)NN)CCCO1. The molecule has 1 aliphatic rings. The summed E-state index contributed by atoms with van der Waals surface area (Å²) < 4.78 is 33.7. The molecule has 3 nitrogen and oxygen atoms in total. The van der Waals surface area contributed by atoms with Crippen LogP contribution < -0.4 is 11.3 Å². The van der Waals surface area contributed by atoms with E-state index >= 15 is 0 Å². The Bertz CT molecular complexity index is 464.